The van der Waals surface area contributed by atoms with Gasteiger partial charge in [0, 0.05) is 17.7 Å². The molecule has 1 N–H and O–H groups in total. The summed E-state index contributed by atoms with van der Waals surface area (Å²) in [6, 6.07) is 9.79. The molecule has 140 valence electrons. The quantitative estimate of drug-likeness (QED) is 0.403. The lowest BCUT2D eigenvalue weighted by Gasteiger charge is -2.11. The van der Waals surface area contributed by atoms with E-state index >= 15 is 0 Å². The van der Waals surface area contributed by atoms with Crippen molar-refractivity contribution in [1.82, 2.24) is 5.43 Å². The lowest BCUT2D eigenvalue weighted by molar-refractivity contribution is -0.384. The Kier molecular flexibility index (Phi) is 6.42. The van der Waals surface area contributed by atoms with E-state index in [0.29, 0.717) is 5.56 Å². The minimum atomic E-state index is -1.37. The summed E-state index contributed by atoms with van der Waals surface area (Å²) >= 11 is 0. The van der Waals surface area contributed by atoms with Crippen LogP contribution >= 0.6 is 0 Å². The number of hydrazone groups is 1. The van der Waals surface area contributed by atoms with Gasteiger partial charge in [-0.2, -0.15) is 5.10 Å². The summed E-state index contributed by atoms with van der Waals surface area (Å²) in [6.45, 7) is -0.622. The Bertz CT molecular complexity index is 896. The summed E-state index contributed by atoms with van der Waals surface area (Å²) in [5, 5.41) is 25.0. The molecule has 0 aliphatic heterocycles. The molecule has 0 saturated heterocycles. The fraction of sp³-hybridized carbons (Fsp3) is 0.118. The number of nitro benzene ring substituents is 1. The van der Waals surface area contributed by atoms with Crippen LogP contribution < -0.4 is 20.0 Å². The van der Waals surface area contributed by atoms with Crippen molar-refractivity contribution in [2.75, 3.05) is 13.7 Å². The Balaban J connectivity index is 2.05. The van der Waals surface area contributed by atoms with Crippen molar-refractivity contribution in [2.45, 2.75) is 0 Å². The molecule has 0 aliphatic carbocycles. The number of carbonyl (C=O) groups excluding carboxylic acids is 2. The first-order valence-electron chi connectivity index (χ1n) is 7.49. The maximum absolute atomic E-state index is 12.0. The summed E-state index contributed by atoms with van der Waals surface area (Å²) in [6.07, 6.45) is 1.32. The molecule has 0 heterocycles. The normalized spacial score (nSPS) is 10.4. The zero-order valence-electron chi connectivity index (χ0n) is 14.1. The van der Waals surface area contributed by atoms with Crippen LogP contribution in [0.4, 0.5) is 5.69 Å². The highest BCUT2D eigenvalue weighted by Gasteiger charge is 2.11. The van der Waals surface area contributed by atoms with Crippen LogP contribution in [0.1, 0.15) is 15.9 Å². The van der Waals surface area contributed by atoms with Crippen molar-refractivity contribution in [2.24, 2.45) is 5.10 Å². The molecule has 0 fully saturated rings. The van der Waals surface area contributed by atoms with E-state index in [4.69, 9.17) is 9.47 Å². The molecule has 2 rings (SSSR count). The number of hydrogen-bond acceptors (Lipinski definition) is 8. The van der Waals surface area contributed by atoms with Gasteiger partial charge in [-0.1, -0.05) is 6.07 Å². The number of nitrogens with one attached hydrogen (secondary N) is 1. The lowest BCUT2D eigenvalue weighted by Crippen LogP contribution is -2.29. The van der Waals surface area contributed by atoms with E-state index in [0.717, 1.165) is 6.07 Å². The number of rotatable bonds is 8. The summed E-state index contributed by atoms with van der Waals surface area (Å²) in [7, 11) is 1.38. The monoisotopic (exact) mass is 372 g/mol. The molecule has 0 aromatic heterocycles. The van der Waals surface area contributed by atoms with E-state index in [1.165, 1.54) is 43.7 Å². The largest absolute Gasteiger partial charge is 0.546 e. The summed E-state index contributed by atoms with van der Waals surface area (Å²) in [5.74, 6) is -1.51. The smallest absolute Gasteiger partial charge is 0.271 e. The third-order valence-electron chi connectivity index (χ3n) is 3.23. The number of benzene rings is 2. The van der Waals surface area contributed by atoms with E-state index in [-0.39, 0.29) is 22.7 Å². The number of carboxylic acids is 1. The topological polar surface area (TPSA) is 143 Å². The average molecular weight is 372 g/mol. The van der Waals surface area contributed by atoms with Crippen molar-refractivity contribution in [3.63, 3.8) is 0 Å². The second kappa shape index (κ2) is 8.94. The Morgan fingerprint density at radius 1 is 1.22 bits per heavy atom. The molecule has 2 aromatic carbocycles. The first-order valence-corrected chi connectivity index (χ1v) is 7.49. The van der Waals surface area contributed by atoms with Gasteiger partial charge >= 0.3 is 0 Å². The Morgan fingerprint density at radius 2 is 2.00 bits per heavy atom. The van der Waals surface area contributed by atoms with Crippen LogP contribution in [0.3, 0.4) is 0 Å². The van der Waals surface area contributed by atoms with Crippen molar-refractivity contribution in [1.29, 1.82) is 0 Å². The van der Waals surface area contributed by atoms with Gasteiger partial charge in [-0.25, -0.2) is 5.43 Å². The Morgan fingerprint density at radius 3 is 2.67 bits per heavy atom. The van der Waals surface area contributed by atoms with Crippen molar-refractivity contribution < 1.29 is 29.1 Å². The van der Waals surface area contributed by atoms with Gasteiger partial charge in [-0.15, -0.1) is 0 Å². The molecule has 2 aromatic rings. The van der Waals surface area contributed by atoms with Gasteiger partial charge in [0.2, 0.25) is 0 Å². The number of methoxy groups -OCH3 is 1. The van der Waals surface area contributed by atoms with E-state index < -0.39 is 23.4 Å². The van der Waals surface area contributed by atoms with E-state index in [2.05, 4.69) is 10.5 Å². The number of ether oxygens (including phenoxy) is 2. The maximum atomic E-state index is 12.0. The lowest BCUT2D eigenvalue weighted by atomic mass is 10.2. The number of amides is 1. The van der Waals surface area contributed by atoms with Gasteiger partial charge in [0.05, 0.1) is 24.2 Å². The molecule has 0 radical (unpaired) electrons. The highest BCUT2D eigenvalue weighted by Crippen LogP contribution is 2.27. The minimum absolute atomic E-state index is 0.0879. The molecule has 0 atom stereocenters. The molecule has 0 saturated carbocycles. The molecule has 0 bridgehead atoms. The zero-order chi connectivity index (χ0) is 19.8. The van der Waals surface area contributed by atoms with Crippen LogP contribution in [0.5, 0.6) is 11.5 Å². The first-order chi connectivity index (χ1) is 12.9. The zero-order valence-corrected chi connectivity index (χ0v) is 14.1. The summed E-state index contributed by atoms with van der Waals surface area (Å²) in [4.78, 5) is 32.6. The van der Waals surface area contributed by atoms with Gasteiger partial charge < -0.3 is 19.4 Å². The van der Waals surface area contributed by atoms with Gasteiger partial charge in [-0.3, -0.25) is 14.9 Å². The van der Waals surface area contributed by atoms with Gasteiger partial charge in [0.15, 0.2) is 11.5 Å². The fourth-order valence-electron chi connectivity index (χ4n) is 2.01. The van der Waals surface area contributed by atoms with Crippen LogP contribution in [0.15, 0.2) is 47.6 Å². The number of nitrogens with zero attached hydrogens (tertiary/aromatic N) is 2. The summed E-state index contributed by atoms with van der Waals surface area (Å²) in [5.41, 5.74) is 2.67. The number of hydrogen-bond donors (Lipinski definition) is 1. The molecular weight excluding hydrogens is 358 g/mol. The van der Waals surface area contributed by atoms with Crippen molar-refractivity contribution in [3.05, 3.63) is 63.7 Å². The van der Waals surface area contributed by atoms with Crippen molar-refractivity contribution in [3.8, 4) is 11.5 Å². The van der Waals surface area contributed by atoms with Gasteiger partial charge in [0.25, 0.3) is 11.6 Å². The fourth-order valence-corrected chi connectivity index (χ4v) is 2.01. The van der Waals surface area contributed by atoms with E-state index in [9.17, 15) is 24.8 Å². The van der Waals surface area contributed by atoms with Crippen LogP contribution in [-0.4, -0.2) is 36.7 Å². The summed E-state index contributed by atoms with van der Waals surface area (Å²) < 4.78 is 10.1. The number of carboxylic acid groups (broad SMARTS) is 1. The van der Waals surface area contributed by atoms with E-state index in [1.807, 2.05) is 0 Å². The predicted octanol–water partition coefficient (Wildman–Crippen LogP) is 0.496. The number of carbonyl (C=O) groups is 2. The van der Waals surface area contributed by atoms with Crippen LogP contribution in [0.25, 0.3) is 0 Å². The minimum Gasteiger partial charge on any atom is -0.546 e. The van der Waals surface area contributed by atoms with Crippen LogP contribution in [0, 0.1) is 10.1 Å². The van der Waals surface area contributed by atoms with E-state index in [1.54, 1.807) is 6.07 Å². The molecule has 0 aliphatic rings. The molecular formula is C17H14N3O7-. The van der Waals surface area contributed by atoms with Crippen LogP contribution in [-0.2, 0) is 4.79 Å². The highest BCUT2D eigenvalue weighted by atomic mass is 16.6. The second-order valence-electron chi connectivity index (χ2n) is 5.08. The van der Waals surface area contributed by atoms with Gasteiger partial charge in [0.1, 0.15) is 6.61 Å². The first kappa shape index (κ1) is 19.4. The molecule has 0 spiro atoms. The average Bonchev–Trinajstić information content (AvgIpc) is 2.66. The maximum Gasteiger partial charge on any atom is 0.271 e. The third kappa shape index (κ3) is 5.53. The Labute approximate surface area is 153 Å². The molecule has 10 heteroatoms. The standard InChI is InChI=1S/C17H15N3O7/c1-26-15-7-11(5-6-14(15)27-10-16(21)22)9-18-19-17(23)12-3-2-4-13(8-12)20(24)25/h2-9H,10H2,1H3,(H,19,23)(H,21,22)/p-1. The number of nitro groups is 1. The number of aliphatic carboxylic acids is 1. The van der Waals surface area contributed by atoms with Crippen molar-refractivity contribution >= 4 is 23.8 Å². The number of non-ortho nitro benzene ring substituents is 1. The molecule has 27 heavy (non-hydrogen) atoms. The molecule has 10 nitrogen and oxygen atoms in total. The predicted molar refractivity (Wildman–Crippen MR) is 91.7 cm³/mol. The highest BCUT2D eigenvalue weighted by molar-refractivity contribution is 5.95. The second-order valence-corrected chi connectivity index (χ2v) is 5.08. The molecule has 1 amide bonds. The Hall–Kier alpha value is -3.95. The SMILES string of the molecule is COc1cc(C=NNC(=O)c2cccc([N+](=O)[O-])c2)ccc1OCC(=O)[O-]. The van der Waals surface area contributed by atoms with Crippen LogP contribution in [0.2, 0.25) is 0 Å². The molecule has 0 unspecified atom stereocenters. The third-order valence-corrected chi connectivity index (χ3v) is 3.23. The van der Waals surface area contributed by atoms with Gasteiger partial charge in [-0.05, 0) is 29.8 Å².